The minimum absolute atomic E-state index is 0.105. The van der Waals surface area contributed by atoms with Gasteiger partial charge < -0.3 is 0 Å². The van der Waals surface area contributed by atoms with E-state index in [0.717, 1.165) is 6.42 Å². The van der Waals surface area contributed by atoms with E-state index in [1.54, 1.807) is 0 Å². The lowest BCUT2D eigenvalue weighted by molar-refractivity contribution is -0.120. The van der Waals surface area contributed by atoms with Crippen molar-refractivity contribution >= 4 is 15.6 Å². The fraction of sp³-hybridized carbons (Fsp3) is 0.900. The van der Waals surface area contributed by atoms with Crippen LogP contribution < -0.4 is 0 Å². The Morgan fingerprint density at radius 2 is 2.07 bits per heavy atom. The van der Waals surface area contributed by atoms with Gasteiger partial charge in [-0.3, -0.25) is 4.79 Å². The topological polar surface area (TPSA) is 51.2 Å². The van der Waals surface area contributed by atoms with Crippen LogP contribution in [0.15, 0.2) is 0 Å². The second kappa shape index (κ2) is 4.43. The van der Waals surface area contributed by atoms with E-state index in [2.05, 4.69) is 0 Å². The van der Waals surface area contributed by atoms with Gasteiger partial charge in [0.1, 0.15) is 5.78 Å². The molecule has 1 unspecified atom stereocenters. The van der Waals surface area contributed by atoms with Gasteiger partial charge in [-0.05, 0) is 18.8 Å². The smallest absolute Gasteiger partial charge is 0.153 e. The van der Waals surface area contributed by atoms with Crippen molar-refractivity contribution in [3.05, 3.63) is 0 Å². The van der Waals surface area contributed by atoms with Gasteiger partial charge in [-0.2, -0.15) is 0 Å². The van der Waals surface area contributed by atoms with E-state index in [0.29, 0.717) is 12.8 Å². The average molecular weight is 218 g/mol. The van der Waals surface area contributed by atoms with Crippen molar-refractivity contribution in [2.75, 3.05) is 5.75 Å². The molecule has 1 fully saturated rings. The monoisotopic (exact) mass is 218 g/mol. The van der Waals surface area contributed by atoms with Gasteiger partial charge in [0.15, 0.2) is 9.84 Å². The molecule has 0 aliphatic heterocycles. The zero-order chi connectivity index (χ0) is 10.8. The first-order chi connectivity index (χ1) is 6.42. The van der Waals surface area contributed by atoms with E-state index in [-0.39, 0.29) is 23.9 Å². The highest BCUT2D eigenvalue weighted by Crippen LogP contribution is 2.23. The maximum atomic E-state index is 11.8. The fourth-order valence-corrected chi connectivity index (χ4v) is 4.06. The summed E-state index contributed by atoms with van der Waals surface area (Å²) in [7, 11) is -3.04. The highest BCUT2D eigenvalue weighted by Gasteiger charge is 2.30. The molecule has 0 radical (unpaired) electrons. The predicted molar refractivity (Wildman–Crippen MR) is 55.9 cm³/mol. The molecule has 0 aromatic rings. The number of Topliss-reactive ketones (excluding diaryl/α,β-unsaturated/α-hetero) is 1. The molecule has 1 aliphatic carbocycles. The SMILES string of the molecule is CC(C)CS(=O)(=O)C1CCCC(=O)C1. The van der Waals surface area contributed by atoms with E-state index >= 15 is 0 Å². The summed E-state index contributed by atoms with van der Waals surface area (Å²) in [5.74, 6) is 0.468. The first kappa shape index (κ1) is 11.7. The Labute approximate surface area is 85.8 Å². The molecule has 0 saturated heterocycles. The Morgan fingerprint density at radius 1 is 1.43 bits per heavy atom. The lowest BCUT2D eigenvalue weighted by Crippen LogP contribution is -2.31. The van der Waals surface area contributed by atoms with Crippen molar-refractivity contribution in [3.8, 4) is 0 Å². The molecule has 14 heavy (non-hydrogen) atoms. The molecule has 4 heteroatoms. The Morgan fingerprint density at radius 3 is 2.57 bits per heavy atom. The maximum Gasteiger partial charge on any atom is 0.153 e. The molecule has 1 atom stereocenters. The molecule has 0 N–H and O–H groups in total. The number of carbonyl (C=O) groups excluding carboxylic acids is 1. The van der Waals surface area contributed by atoms with Crippen molar-refractivity contribution in [1.82, 2.24) is 0 Å². The van der Waals surface area contributed by atoms with Crippen molar-refractivity contribution in [3.63, 3.8) is 0 Å². The molecule has 1 saturated carbocycles. The van der Waals surface area contributed by atoms with Crippen LogP contribution >= 0.6 is 0 Å². The van der Waals surface area contributed by atoms with Crippen LogP contribution in [0.4, 0.5) is 0 Å². The second-order valence-corrected chi connectivity index (χ2v) is 6.81. The third kappa shape index (κ3) is 3.08. The van der Waals surface area contributed by atoms with Gasteiger partial charge in [0.2, 0.25) is 0 Å². The van der Waals surface area contributed by atoms with Gasteiger partial charge in [0, 0.05) is 12.8 Å². The standard InChI is InChI=1S/C10H18O3S/c1-8(2)7-14(12,13)10-5-3-4-9(11)6-10/h8,10H,3-7H2,1-2H3. The second-order valence-electron chi connectivity index (χ2n) is 4.48. The van der Waals surface area contributed by atoms with Crippen molar-refractivity contribution < 1.29 is 13.2 Å². The predicted octanol–water partition coefficient (Wildman–Crippen LogP) is 1.57. The maximum absolute atomic E-state index is 11.8. The van der Waals surface area contributed by atoms with Gasteiger partial charge in [-0.1, -0.05) is 13.8 Å². The van der Waals surface area contributed by atoms with E-state index in [4.69, 9.17) is 0 Å². The van der Waals surface area contributed by atoms with E-state index in [9.17, 15) is 13.2 Å². The molecule has 0 amide bonds. The summed E-state index contributed by atoms with van der Waals surface area (Å²) in [6, 6.07) is 0. The first-order valence-electron chi connectivity index (χ1n) is 5.15. The van der Waals surface area contributed by atoms with Crippen molar-refractivity contribution in [1.29, 1.82) is 0 Å². The molecule has 0 heterocycles. The zero-order valence-electron chi connectivity index (χ0n) is 8.82. The molecule has 3 nitrogen and oxygen atoms in total. The number of sulfone groups is 1. The van der Waals surface area contributed by atoms with E-state index < -0.39 is 15.1 Å². The van der Waals surface area contributed by atoms with Crippen LogP contribution in [0.3, 0.4) is 0 Å². The van der Waals surface area contributed by atoms with Crippen LogP contribution in [-0.2, 0) is 14.6 Å². The first-order valence-corrected chi connectivity index (χ1v) is 6.86. The molecule has 0 aromatic heterocycles. The Hall–Kier alpha value is -0.380. The summed E-state index contributed by atoms with van der Waals surface area (Å²) in [6.45, 7) is 3.78. The summed E-state index contributed by atoms with van der Waals surface area (Å²) >= 11 is 0. The third-order valence-electron chi connectivity index (χ3n) is 2.51. The summed E-state index contributed by atoms with van der Waals surface area (Å²) in [4.78, 5) is 11.1. The minimum Gasteiger partial charge on any atom is -0.300 e. The Kier molecular flexibility index (Phi) is 3.70. The number of ketones is 1. The molecule has 0 aromatic carbocycles. The van der Waals surface area contributed by atoms with Crippen molar-refractivity contribution in [2.45, 2.75) is 44.8 Å². The van der Waals surface area contributed by atoms with Crippen LogP contribution in [-0.4, -0.2) is 25.2 Å². The molecular formula is C10H18O3S. The molecule has 1 rings (SSSR count). The van der Waals surface area contributed by atoms with Gasteiger partial charge >= 0.3 is 0 Å². The minimum atomic E-state index is -3.04. The van der Waals surface area contributed by atoms with Crippen LogP contribution in [0.5, 0.6) is 0 Å². The Balaban J connectivity index is 2.67. The van der Waals surface area contributed by atoms with Crippen LogP contribution in [0.1, 0.15) is 39.5 Å². The van der Waals surface area contributed by atoms with Crippen LogP contribution in [0.2, 0.25) is 0 Å². The molecule has 0 spiro atoms. The van der Waals surface area contributed by atoms with Gasteiger partial charge in [-0.25, -0.2) is 8.42 Å². The van der Waals surface area contributed by atoms with Gasteiger partial charge in [0.05, 0.1) is 11.0 Å². The summed E-state index contributed by atoms with van der Waals surface area (Å²) in [6.07, 6.45) is 2.21. The van der Waals surface area contributed by atoms with Crippen LogP contribution in [0.25, 0.3) is 0 Å². The number of carbonyl (C=O) groups is 1. The highest BCUT2D eigenvalue weighted by atomic mass is 32.2. The van der Waals surface area contributed by atoms with Crippen LogP contribution in [0, 0.1) is 5.92 Å². The number of rotatable bonds is 3. The normalized spacial score (nSPS) is 24.2. The highest BCUT2D eigenvalue weighted by molar-refractivity contribution is 7.92. The average Bonchev–Trinajstić information content (AvgIpc) is 2.01. The number of hydrogen-bond donors (Lipinski definition) is 0. The molecular weight excluding hydrogens is 200 g/mol. The lowest BCUT2D eigenvalue weighted by atomic mass is 9.99. The van der Waals surface area contributed by atoms with Crippen molar-refractivity contribution in [2.24, 2.45) is 5.92 Å². The molecule has 1 aliphatic rings. The lowest BCUT2D eigenvalue weighted by Gasteiger charge is -2.21. The zero-order valence-corrected chi connectivity index (χ0v) is 9.64. The third-order valence-corrected chi connectivity index (χ3v) is 5.06. The van der Waals surface area contributed by atoms with E-state index in [1.165, 1.54) is 0 Å². The van der Waals surface area contributed by atoms with Gasteiger partial charge in [-0.15, -0.1) is 0 Å². The fourth-order valence-electron chi connectivity index (χ4n) is 1.89. The number of hydrogen-bond acceptors (Lipinski definition) is 3. The van der Waals surface area contributed by atoms with E-state index in [1.807, 2.05) is 13.8 Å². The summed E-state index contributed by atoms with van der Waals surface area (Å²) < 4.78 is 23.6. The largest absolute Gasteiger partial charge is 0.300 e. The quantitative estimate of drug-likeness (QED) is 0.722. The molecule has 0 bridgehead atoms. The summed E-state index contributed by atoms with van der Waals surface area (Å²) in [5.41, 5.74) is 0. The summed E-state index contributed by atoms with van der Waals surface area (Å²) in [5, 5.41) is -0.397. The van der Waals surface area contributed by atoms with Gasteiger partial charge in [0.25, 0.3) is 0 Å². The molecule has 82 valence electrons. The Bertz CT molecular complexity index is 303.